The molecule has 92 heavy (non-hydrogen) atoms. The molecule has 0 N–H and O–H groups in total. The summed E-state index contributed by atoms with van der Waals surface area (Å²) < 4.78 is 67.0. The van der Waals surface area contributed by atoms with Gasteiger partial charge in [0.2, 0.25) is 0 Å². The molecular weight excluding hydrogens is 1190 g/mol. The van der Waals surface area contributed by atoms with Crippen LogP contribution >= 0.6 is 0 Å². The predicted octanol–water partition coefficient (Wildman–Crippen LogP) is 11.8. The molecule has 4 aromatic rings. The van der Waals surface area contributed by atoms with Gasteiger partial charge in [0.15, 0.2) is 30.0 Å². The van der Waals surface area contributed by atoms with E-state index in [1.807, 2.05) is 91.0 Å². The molecule has 4 fully saturated rings. The fourth-order valence-corrected chi connectivity index (χ4v) is 10.2. The van der Waals surface area contributed by atoms with Crippen LogP contribution in [0.15, 0.2) is 164 Å². The summed E-state index contributed by atoms with van der Waals surface area (Å²) >= 11 is 0. The average molecular weight is 1270 g/mol. The van der Waals surface area contributed by atoms with Crippen molar-refractivity contribution in [2.45, 2.75) is 173 Å². The largest absolute Gasteiger partial charge is 0.451 e. The van der Waals surface area contributed by atoms with Gasteiger partial charge in [-0.3, -0.25) is 4.79 Å². The first-order valence-corrected chi connectivity index (χ1v) is 30.5. The third kappa shape index (κ3) is 21.1. The summed E-state index contributed by atoms with van der Waals surface area (Å²) in [6.45, 7) is 27.8. The smallest absolute Gasteiger partial charge is 0.348 e. The molecule has 494 valence electrons. The van der Waals surface area contributed by atoms with E-state index in [0.29, 0.717) is 71.4 Å². The topological polar surface area (TPSA) is 246 Å². The van der Waals surface area contributed by atoms with E-state index >= 15 is 0 Å². The number of carbonyl (C=O) groups excluding carboxylic acids is 9. The highest BCUT2D eigenvalue weighted by Gasteiger charge is 2.46. The molecule has 2 saturated carbocycles. The SMILES string of the molecule is C=C(C)C(=O)OC(C)C(=O)OC1(c2ccc(F)cc2)CCCCC1.C=C(C)C(=O)OC(C)C(=O)OC1(c2ccccc2)CCC(=O)C1.C=C(C)C(=O)OC(C)C(=O)OC1(c2ccccc2)CCOC1.C=C(C)C(=O)OC(C)C(=O)OC1(c2ccccc2)CCOCC1. The third-order valence-electron chi connectivity index (χ3n) is 15.5. The van der Waals surface area contributed by atoms with Crippen molar-refractivity contribution >= 4 is 53.5 Å². The summed E-state index contributed by atoms with van der Waals surface area (Å²) in [5.41, 5.74) is 0.950. The summed E-state index contributed by atoms with van der Waals surface area (Å²) in [6.07, 6.45) is 2.86. The minimum atomic E-state index is -1.06. The van der Waals surface area contributed by atoms with Gasteiger partial charge in [-0.15, -0.1) is 0 Å². The molecule has 2 heterocycles. The maximum atomic E-state index is 13.2. The second-order valence-electron chi connectivity index (χ2n) is 23.3. The van der Waals surface area contributed by atoms with Gasteiger partial charge in [-0.25, -0.2) is 42.7 Å². The van der Waals surface area contributed by atoms with E-state index < -0.39 is 94.6 Å². The number of carbonyl (C=O) groups is 9. The van der Waals surface area contributed by atoms with Crippen molar-refractivity contribution in [2.75, 3.05) is 26.4 Å². The normalized spacial score (nSPS) is 19.7. The number of Topliss-reactive ketones (excluding diaryl/α,β-unsaturated/α-hetero) is 1. The molecule has 2 aliphatic heterocycles. The van der Waals surface area contributed by atoms with E-state index in [-0.39, 0.29) is 40.3 Å². The van der Waals surface area contributed by atoms with Crippen molar-refractivity contribution in [3.63, 3.8) is 0 Å². The lowest BCUT2D eigenvalue weighted by molar-refractivity contribution is -0.185. The quantitative estimate of drug-likeness (QED) is 0.0453. The highest BCUT2D eigenvalue weighted by Crippen LogP contribution is 2.43. The molecule has 0 amide bonds. The van der Waals surface area contributed by atoms with Crippen LogP contribution in [0.3, 0.4) is 0 Å². The standard InChI is InChI=1S/C19H23FO4.C18H22O5.C18H20O5.C17H20O5/c1-13(2)17(21)23-14(3)18(22)24-19(11-5-4-6-12-19)15-7-9-16(20)10-8-15;1-13(2)16(19)22-14(3)17(20)23-18(9-11-21-12-10-18)15-7-5-4-6-8-15;1-12(2)16(20)22-13(3)17(21)23-18(10-9-15(19)11-18)14-7-5-4-6-8-14;1-12(2)15(18)21-13(3)16(19)22-17(9-10-20-11-17)14-7-5-4-6-8-14/h7-10,14H,1,4-6,11-12H2,2-3H3;4-8,14H,1,9-12H2,2-3H3;4-8,13H,1,9-11H2,2-3H3;4-8,13H,1,9-11H2,2-3H3. The Kier molecular flexibility index (Phi) is 27.7. The summed E-state index contributed by atoms with van der Waals surface area (Å²) in [4.78, 5) is 107. The molecule has 0 aromatic heterocycles. The maximum Gasteiger partial charge on any atom is 0.348 e. The molecule has 0 bridgehead atoms. The Labute approximate surface area is 537 Å². The van der Waals surface area contributed by atoms with Gasteiger partial charge in [-0.1, -0.05) is 136 Å². The fraction of sp³-hybridized carbons (Fsp3) is 0.431. The van der Waals surface area contributed by atoms with E-state index in [1.165, 1.54) is 67.5 Å². The molecule has 6 atom stereocenters. The fourth-order valence-electron chi connectivity index (χ4n) is 10.2. The highest BCUT2D eigenvalue weighted by molar-refractivity contribution is 5.91. The second kappa shape index (κ2) is 34.5. The van der Waals surface area contributed by atoms with E-state index in [1.54, 1.807) is 12.1 Å². The van der Waals surface area contributed by atoms with Gasteiger partial charge in [0.25, 0.3) is 0 Å². The molecule has 0 radical (unpaired) electrons. The van der Waals surface area contributed by atoms with Crippen LogP contribution in [0, 0.1) is 5.82 Å². The average Bonchev–Trinajstić information content (AvgIpc) is 1.37. The van der Waals surface area contributed by atoms with Crippen LogP contribution in [0.5, 0.6) is 0 Å². The third-order valence-corrected chi connectivity index (χ3v) is 15.5. The number of rotatable bonds is 20. The van der Waals surface area contributed by atoms with Crippen molar-refractivity contribution < 1.29 is 94.9 Å². The Morgan fingerprint density at radius 2 is 0.707 bits per heavy atom. The van der Waals surface area contributed by atoms with Gasteiger partial charge >= 0.3 is 47.8 Å². The van der Waals surface area contributed by atoms with Crippen LogP contribution in [0.1, 0.15) is 148 Å². The number of halogens is 1. The summed E-state index contributed by atoms with van der Waals surface area (Å²) in [7, 11) is 0. The lowest BCUT2D eigenvalue weighted by Gasteiger charge is -2.37. The molecule has 2 aliphatic carbocycles. The number of esters is 8. The monoisotopic (exact) mass is 1270 g/mol. The molecular formula is C72H85FO19. The number of ketones is 1. The molecule has 8 rings (SSSR count). The summed E-state index contributed by atoms with van der Waals surface area (Å²) in [5.74, 6) is -5.20. The van der Waals surface area contributed by atoms with Crippen molar-refractivity contribution in [1.82, 2.24) is 0 Å². The molecule has 20 heteroatoms. The molecule has 19 nitrogen and oxygen atoms in total. The molecule has 2 saturated heterocycles. The zero-order chi connectivity index (χ0) is 67.8. The van der Waals surface area contributed by atoms with E-state index in [9.17, 15) is 47.5 Å². The number of benzene rings is 4. The first kappa shape index (κ1) is 73.9. The second-order valence-corrected chi connectivity index (χ2v) is 23.3. The molecule has 4 aromatic carbocycles. The Hall–Kier alpha value is -8.88. The highest BCUT2D eigenvalue weighted by atomic mass is 19.1. The van der Waals surface area contributed by atoms with Crippen molar-refractivity contribution in [1.29, 1.82) is 0 Å². The van der Waals surface area contributed by atoms with E-state index in [2.05, 4.69) is 26.3 Å². The van der Waals surface area contributed by atoms with E-state index in [0.717, 1.165) is 41.5 Å². The van der Waals surface area contributed by atoms with E-state index in [4.69, 9.17) is 47.4 Å². The van der Waals surface area contributed by atoms with Crippen molar-refractivity contribution in [3.8, 4) is 0 Å². The lowest BCUT2D eigenvalue weighted by Crippen LogP contribution is -2.41. The van der Waals surface area contributed by atoms with Gasteiger partial charge in [0.05, 0.1) is 32.8 Å². The molecule has 4 aliphatic rings. The van der Waals surface area contributed by atoms with Crippen molar-refractivity contribution in [2.24, 2.45) is 0 Å². The van der Waals surface area contributed by atoms with Crippen LogP contribution in [0.2, 0.25) is 0 Å². The predicted molar refractivity (Wildman–Crippen MR) is 336 cm³/mol. The number of ether oxygens (including phenoxy) is 10. The summed E-state index contributed by atoms with van der Waals surface area (Å²) in [5, 5.41) is 0. The zero-order valence-corrected chi connectivity index (χ0v) is 53.8. The van der Waals surface area contributed by atoms with Crippen LogP contribution in [-0.4, -0.2) is 104 Å². The molecule has 6 unspecified atom stereocenters. The Balaban J connectivity index is 0.000000223. The summed E-state index contributed by atoms with van der Waals surface area (Å²) in [6, 6.07) is 34.3. The van der Waals surface area contributed by atoms with Crippen LogP contribution < -0.4 is 0 Å². The Morgan fingerprint density at radius 3 is 1.04 bits per heavy atom. The maximum absolute atomic E-state index is 13.2. The van der Waals surface area contributed by atoms with Crippen molar-refractivity contribution in [3.05, 3.63) is 192 Å². The lowest BCUT2D eigenvalue weighted by atomic mass is 9.79. The zero-order valence-electron chi connectivity index (χ0n) is 53.8. The van der Waals surface area contributed by atoms with Gasteiger partial charge in [-0.05, 0) is 122 Å². The first-order valence-electron chi connectivity index (χ1n) is 30.5. The van der Waals surface area contributed by atoms with Crippen LogP contribution in [-0.2, 0) is 113 Å². The van der Waals surface area contributed by atoms with Crippen LogP contribution in [0.4, 0.5) is 4.39 Å². The number of hydrogen-bond acceptors (Lipinski definition) is 19. The minimum Gasteiger partial charge on any atom is -0.451 e. The first-order chi connectivity index (χ1) is 43.6. The van der Waals surface area contributed by atoms with Gasteiger partial charge in [-0.2, -0.15) is 0 Å². The van der Waals surface area contributed by atoms with Gasteiger partial charge < -0.3 is 47.4 Å². The number of hydrogen-bond donors (Lipinski definition) is 0. The van der Waals surface area contributed by atoms with Crippen LogP contribution in [0.25, 0.3) is 0 Å². The van der Waals surface area contributed by atoms with Gasteiger partial charge in [0, 0.05) is 48.0 Å². The molecule has 0 spiro atoms. The minimum absolute atomic E-state index is 0.0493. The van der Waals surface area contributed by atoms with Gasteiger partial charge in [0.1, 0.15) is 28.4 Å². The Bertz CT molecular complexity index is 3250. The Morgan fingerprint density at radius 1 is 0.402 bits per heavy atom.